The summed E-state index contributed by atoms with van der Waals surface area (Å²) in [6.45, 7) is -1.49. The Morgan fingerprint density at radius 2 is 1.17 bits per heavy atom. The maximum Gasteiger partial charge on any atom is 0.195 e. The highest BCUT2D eigenvalue weighted by Gasteiger charge is 2.03. The number of Topliss-reactive ketones (excluding diaryl/α,β-unsaturated/α-hetero) is 2. The van der Waals surface area contributed by atoms with Gasteiger partial charge in [-0.25, -0.2) is 0 Å². The van der Waals surface area contributed by atoms with Crippen LogP contribution < -0.4 is 9.47 Å². The van der Waals surface area contributed by atoms with Crippen LogP contribution in [-0.4, -0.2) is 48.2 Å². The van der Waals surface area contributed by atoms with Crippen LogP contribution in [0.1, 0.15) is 0 Å². The fourth-order valence-electron chi connectivity index (χ4n) is 1.05. The summed E-state index contributed by atoms with van der Waals surface area (Å²) >= 11 is 0. The van der Waals surface area contributed by atoms with Gasteiger partial charge in [0.15, 0.2) is 11.6 Å². The van der Waals surface area contributed by atoms with E-state index in [0.29, 0.717) is 11.5 Å². The Labute approximate surface area is 104 Å². The van der Waals surface area contributed by atoms with Gasteiger partial charge in [-0.15, -0.1) is 0 Å². The van der Waals surface area contributed by atoms with Gasteiger partial charge >= 0.3 is 0 Å². The second kappa shape index (κ2) is 7.41. The van der Waals surface area contributed by atoms with Crippen molar-refractivity contribution in [1.82, 2.24) is 0 Å². The van der Waals surface area contributed by atoms with E-state index in [9.17, 15) is 9.59 Å². The third kappa shape index (κ3) is 4.94. The zero-order valence-electron chi connectivity index (χ0n) is 9.67. The molecule has 0 aliphatic carbocycles. The van der Waals surface area contributed by atoms with Gasteiger partial charge in [0.25, 0.3) is 0 Å². The standard InChI is InChI=1S/C12H14O6/c13-5-9(15)7-17-11-1-2-12(4-3-11)18-8-10(16)6-14/h1-4,13-14H,5-8H2. The largest absolute Gasteiger partial charge is 0.486 e. The fraction of sp³-hybridized carbons (Fsp3) is 0.333. The van der Waals surface area contributed by atoms with Crippen LogP contribution in [0.25, 0.3) is 0 Å². The summed E-state index contributed by atoms with van der Waals surface area (Å²) < 4.78 is 10.2. The topological polar surface area (TPSA) is 93.1 Å². The van der Waals surface area contributed by atoms with Crippen LogP contribution in [0.15, 0.2) is 24.3 Å². The molecule has 6 heteroatoms. The smallest absolute Gasteiger partial charge is 0.195 e. The molecule has 0 saturated carbocycles. The average molecular weight is 254 g/mol. The lowest BCUT2D eigenvalue weighted by molar-refractivity contribution is -0.124. The number of rotatable bonds is 8. The van der Waals surface area contributed by atoms with E-state index < -0.39 is 24.8 Å². The van der Waals surface area contributed by atoms with Crippen molar-refractivity contribution in [2.75, 3.05) is 26.4 Å². The summed E-state index contributed by atoms with van der Waals surface area (Å²) in [4.78, 5) is 21.6. The van der Waals surface area contributed by atoms with Crippen molar-refractivity contribution in [2.24, 2.45) is 0 Å². The Bertz CT molecular complexity index is 359. The van der Waals surface area contributed by atoms with Gasteiger partial charge in [0.2, 0.25) is 0 Å². The first-order chi connectivity index (χ1) is 8.65. The number of aliphatic hydroxyl groups excluding tert-OH is 2. The molecule has 98 valence electrons. The van der Waals surface area contributed by atoms with Crippen LogP contribution in [-0.2, 0) is 9.59 Å². The van der Waals surface area contributed by atoms with Crippen LogP contribution in [0.3, 0.4) is 0 Å². The SMILES string of the molecule is O=C(CO)COc1ccc(OCC(=O)CO)cc1. The van der Waals surface area contributed by atoms with Crippen LogP contribution in [0, 0.1) is 0 Å². The molecule has 0 atom stereocenters. The lowest BCUT2D eigenvalue weighted by Gasteiger charge is -2.07. The van der Waals surface area contributed by atoms with Crippen LogP contribution in [0.5, 0.6) is 11.5 Å². The Kier molecular flexibility index (Phi) is 5.83. The maximum absolute atomic E-state index is 10.8. The van der Waals surface area contributed by atoms with Crippen molar-refractivity contribution in [1.29, 1.82) is 0 Å². The third-order valence-corrected chi connectivity index (χ3v) is 1.98. The summed E-state index contributed by atoms with van der Waals surface area (Å²) in [6, 6.07) is 6.29. The lowest BCUT2D eigenvalue weighted by Crippen LogP contribution is -2.15. The molecule has 0 amide bonds. The molecule has 0 saturated heterocycles. The maximum atomic E-state index is 10.8. The van der Waals surface area contributed by atoms with E-state index in [1.807, 2.05) is 0 Å². The molecule has 2 N–H and O–H groups in total. The Balaban J connectivity index is 2.42. The van der Waals surface area contributed by atoms with Gasteiger partial charge < -0.3 is 19.7 Å². The second-order valence-corrected chi connectivity index (χ2v) is 3.44. The number of hydrogen-bond acceptors (Lipinski definition) is 6. The molecular formula is C12H14O6. The van der Waals surface area contributed by atoms with E-state index in [1.165, 1.54) is 0 Å². The first kappa shape index (κ1) is 14.1. The molecule has 1 aromatic rings. The molecule has 1 rings (SSSR count). The van der Waals surface area contributed by atoms with Crippen molar-refractivity contribution in [3.05, 3.63) is 24.3 Å². The first-order valence-electron chi connectivity index (χ1n) is 5.26. The van der Waals surface area contributed by atoms with Crippen molar-refractivity contribution >= 4 is 11.6 Å². The lowest BCUT2D eigenvalue weighted by atomic mass is 10.3. The number of benzene rings is 1. The molecule has 18 heavy (non-hydrogen) atoms. The molecule has 0 radical (unpaired) electrons. The number of ketones is 2. The molecule has 0 bridgehead atoms. The predicted molar refractivity (Wildman–Crippen MR) is 61.6 cm³/mol. The van der Waals surface area contributed by atoms with Gasteiger partial charge in [-0.05, 0) is 24.3 Å². The Hall–Kier alpha value is -1.92. The summed E-state index contributed by atoms with van der Waals surface area (Å²) in [6.07, 6.45) is 0. The van der Waals surface area contributed by atoms with Gasteiger partial charge in [0.05, 0.1) is 0 Å². The predicted octanol–water partition coefficient (Wildman–Crippen LogP) is -0.433. The van der Waals surface area contributed by atoms with E-state index in [-0.39, 0.29) is 13.2 Å². The van der Waals surface area contributed by atoms with Crippen LogP contribution in [0.2, 0.25) is 0 Å². The molecule has 0 aliphatic rings. The second-order valence-electron chi connectivity index (χ2n) is 3.44. The van der Waals surface area contributed by atoms with E-state index in [2.05, 4.69) is 0 Å². The summed E-state index contributed by atoms with van der Waals surface area (Å²) in [5.41, 5.74) is 0. The minimum atomic E-state index is -0.551. The summed E-state index contributed by atoms with van der Waals surface area (Å²) in [5.74, 6) is 0.0861. The zero-order valence-corrected chi connectivity index (χ0v) is 9.67. The Morgan fingerprint density at radius 3 is 1.44 bits per heavy atom. The van der Waals surface area contributed by atoms with Gasteiger partial charge in [0, 0.05) is 0 Å². The normalized spacial score (nSPS) is 9.89. The number of hydrogen-bond donors (Lipinski definition) is 2. The minimum Gasteiger partial charge on any atom is -0.486 e. The molecule has 0 fully saturated rings. The quantitative estimate of drug-likeness (QED) is 0.653. The zero-order chi connectivity index (χ0) is 13.4. The summed E-state index contributed by atoms with van der Waals surface area (Å²) in [7, 11) is 0. The number of ether oxygens (including phenoxy) is 2. The van der Waals surface area contributed by atoms with Crippen molar-refractivity contribution in [3.8, 4) is 11.5 Å². The van der Waals surface area contributed by atoms with E-state index in [0.717, 1.165) is 0 Å². The highest BCUT2D eigenvalue weighted by Crippen LogP contribution is 2.17. The van der Waals surface area contributed by atoms with Crippen LogP contribution in [0.4, 0.5) is 0 Å². The number of carbonyl (C=O) groups excluding carboxylic acids is 2. The molecule has 1 aromatic carbocycles. The molecule has 0 spiro atoms. The highest BCUT2D eigenvalue weighted by atomic mass is 16.5. The van der Waals surface area contributed by atoms with Gasteiger partial charge in [-0.1, -0.05) is 0 Å². The average Bonchev–Trinajstić information content (AvgIpc) is 2.43. The van der Waals surface area contributed by atoms with Gasteiger partial charge in [-0.2, -0.15) is 0 Å². The van der Waals surface area contributed by atoms with E-state index in [4.69, 9.17) is 19.7 Å². The Morgan fingerprint density at radius 1 is 0.833 bits per heavy atom. The highest BCUT2D eigenvalue weighted by molar-refractivity contribution is 5.81. The molecule has 0 unspecified atom stereocenters. The van der Waals surface area contributed by atoms with Crippen molar-refractivity contribution in [2.45, 2.75) is 0 Å². The minimum absolute atomic E-state index is 0.195. The van der Waals surface area contributed by atoms with E-state index in [1.54, 1.807) is 24.3 Å². The molecule has 6 nitrogen and oxygen atoms in total. The number of carbonyl (C=O) groups is 2. The number of aliphatic hydroxyl groups is 2. The van der Waals surface area contributed by atoms with Gasteiger partial charge in [-0.3, -0.25) is 9.59 Å². The molecular weight excluding hydrogens is 240 g/mol. The van der Waals surface area contributed by atoms with Crippen LogP contribution >= 0.6 is 0 Å². The third-order valence-electron chi connectivity index (χ3n) is 1.98. The van der Waals surface area contributed by atoms with Gasteiger partial charge in [0.1, 0.15) is 37.9 Å². The first-order valence-corrected chi connectivity index (χ1v) is 5.26. The van der Waals surface area contributed by atoms with Crippen molar-refractivity contribution in [3.63, 3.8) is 0 Å². The molecule has 0 heterocycles. The molecule has 0 aromatic heterocycles. The van der Waals surface area contributed by atoms with E-state index >= 15 is 0 Å². The molecule has 0 aliphatic heterocycles. The summed E-state index contributed by atoms with van der Waals surface area (Å²) in [5, 5.41) is 17.0. The van der Waals surface area contributed by atoms with Crippen molar-refractivity contribution < 1.29 is 29.3 Å². The monoisotopic (exact) mass is 254 g/mol. The fourth-order valence-corrected chi connectivity index (χ4v) is 1.05.